The number of benzene rings is 2. The van der Waals surface area contributed by atoms with Crippen LogP contribution in [0.3, 0.4) is 0 Å². The van der Waals surface area contributed by atoms with Crippen molar-refractivity contribution in [1.29, 1.82) is 0 Å². The Kier molecular flexibility index (Phi) is 6.37. The summed E-state index contributed by atoms with van der Waals surface area (Å²) < 4.78 is 10.2. The van der Waals surface area contributed by atoms with Gasteiger partial charge in [-0.1, -0.05) is 48.5 Å². The van der Waals surface area contributed by atoms with Crippen LogP contribution in [0.15, 0.2) is 54.6 Å². The molecule has 0 aliphatic carbocycles. The molecule has 0 spiro atoms. The summed E-state index contributed by atoms with van der Waals surface area (Å²) in [6.07, 6.45) is 0.0610. The van der Waals surface area contributed by atoms with Crippen LogP contribution < -0.4 is 10.1 Å². The van der Waals surface area contributed by atoms with E-state index in [4.69, 9.17) is 9.47 Å². The number of ether oxygens (including phenoxy) is 2. The average molecular weight is 327 g/mol. The monoisotopic (exact) mass is 327 g/mol. The molecule has 0 saturated carbocycles. The van der Waals surface area contributed by atoms with Crippen LogP contribution >= 0.6 is 0 Å². The molecule has 0 fully saturated rings. The van der Waals surface area contributed by atoms with Gasteiger partial charge < -0.3 is 14.8 Å². The minimum atomic E-state index is -0.470. The first-order chi connectivity index (χ1) is 11.6. The van der Waals surface area contributed by atoms with Gasteiger partial charge in [-0.05, 0) is 18.6 Å². The molecule has 24 heavy (non-hydrogen) atoms. The lowest BCUT2D eigenvalue weighted by Gasteiger charge is -2.14. The van der Waals surface area contributed by atoms with Crippen molar-refractivity contribution in [3.63, 3.8) is 0 Å². The summed E-state index contributed by atoms with van der Waals surface area (Å²) in [5.74, 6) is -0.182. The molecule has 0 bridgehead atoms. The van der Waals surface area contributed by atoms with Gasteiger partial charge in [0.2, 0.25) is 0 Å². The molecule has 0 saturated heterocycles. The molecule has 0 aromatic heterocycles. The third-order valence-corrected chi connectivity index (χ3v) is 3.57. The van der Waals surface area contributed by atoms with Gasteiger partial charge in [0.25, 0.3) is 5.91 Å². The zero-order chi connectivity index (χ0) is 17.4. The first-order valence-electron chi connectivity index (χ1n) is 7.72. The average Bonchev–Trinajstić information content (AvgIpc) is 2.61. The predicted molar refractivity (Wildman–Crippen MR) is 90.7 cm³/mol. The molecule has 5 nitrogen and oxygen atoms in total. The van der Waals surface area contributed by atoms with Crippen molar-refractivity contribution < 1.29 is 19.1 Å². The fraction of sp³-hybridized carbons (Fsp3) is 0.263. The van der Waals surface area contributed by atoms with Crippen LogP contribution in [-0.4, -0.2) is 25.6 Å². The second-order valence-corrected chi connectivity index (χ2v) is 5.35. The molecule has 2 rings (SSSR count). The van der Waals surface area contributed by atoms with Crippen molar-refractivity contribution in [2.45, 2.75) is 19.4 Å². The number of hydrogen-bond donors (Lipinski definition) is 1. The Morgan fingerprint density at radius 3 is 2.42 bits per heavy atom. The maximum atomic E-state index is 11.9. The van der Waals surface area contributed by atoms with Crippen LogP contribution in [0.25, 0.3) is 0 Å². The Balaban J connectivity index is 1.80. The van der Waals surface area contributed by atoms with E-state index >= 15 is 0 Å². The lowest BCUT2D eigenvalue weighted by Crippen LogP contribution is -2.31. The Hall–Kier alpha value is -2.82. The normalized spacial score (nSPS) is 11.4. The highest BCUT2D eigenvalue weighted by Gasteiger charge is 2.13. The number of carbonyl (C=O) groups excluding carboxylic acids is 2. The van der Waals surface area contributed by atoms with Gasteiger partial charge in [-0.15, -0.1) is 0 Å². The SMILES string of the molecule is COc1ccccc1CC(=O)OCC(=O)N[C@H](C)c1ccccc1. The molecule has 0 heterocycles. The van der Waals surface area contributed by atoms with Gasteiger partial charge in [-0.2, -0.15) is 0 Å². The molecule has 5 heteroatoms. The second-order valence-electron chi connectivity index (χ2n) is 5.35. The van der Waals surface area contributed by atoms with Crippen molar-refractivity contribution >= 4 is 11.9 Å². The molecule has 1 atom stereocenters. The van der Waals surface area contributed by atoms with Gasteiger partial charge in [0.15, 0.2) is 6.61 Å². The lowest BCUT2D eigenvalue weighted by atomic mass is 10.1. The molecule has 0 radical (unpaired) electrons. The molecule has 126 valence electrons. The van der Waals surface area contributed by atoms with Crippen molar-refractivity contribution in [1.82, 2.24) is 5.32 Å². The predicted octanol–water partition coefficient (Wildman–Crippen LogP) is 2.66. The molecule has 0 aliphatic heterocycles. The van der Waals surface area contributed by atoms with E-state index in [-0.39, 0.29) is 25.0 Å². The zero-order valence-corrected chi connectivity index (χ0v) is 13.8. The molecule has 2 aromatic rings. The first kappa shape index (κ1) is 17.5. The van der Waals surface area contributed by atoms with Crippen molar-refractivity contribution in [2.24, 2.45) is 0 Å². The number of para-hydroxylation sites is 1. The smallest absolute Gasteiger partial charge is 0.310 e. The fourth-order valence-electron chi connectivity index (χ4n) is 2.31. The van der Waals surface area contributed by atoms with E-state index < -0.39 is 5.97 Å². The Labute approximate surface area is 141 Å². The Bertz CT molecular complexity index is 685. The number of carbonyl (C=O) groups is 2. The van der Waals surface area contributed by atoms with Crippen LogP contribution in [0.1, 0.15) is 24.1 Å². The standard InChI is InChI=1S/C19H21NO4/c1-14(15-8-4-3-5-9-15)20-18(21)13-24-19(22)12-16-10-6-7-11-17(16)23-2/h3-11,14H,12-13H2,1-2H3,(H,20,21)/t14-/m1/s1. The van der Waals surface area contributed by atoms with E-state index in [0.29, 0.717) is 5.75 Å². The molecular formula is C19H21NO4. The Morgan fingerprint density at radius 2 is 1.71 bits per heavy atom. The van der Waals surface area contributed by atoms with Crippen LogP contribution in [0.5, 0.6) is 5.75 Å². The van der Waals surface area contributed by atoms with Crippen molar-refractivity contribution in [3.05, 3.63) is 65.7 Å². The minimum Gasteiger partial charge on any atom is -0.496 e. The molecule has 2 aromatic carbocycles. The minimum absolute atomic E-state index is 0.0610. The summed E-state index contributed by atoms with van der Waals surface area (Å²) in [5.41, 5.74) is 1.72. The van der Waals surface area contributed by atoms with E-state index in [1.807, 2.05) is 49.4 Å². The number of rotatable bonds is 7. The molecule has 0 unspecified atom stereocenters. The number of esters is 1. The van der Waals surface area contributed by atoms with Crippen molar-refractivity contribution in [3.8, 4) is 5.75 Å². The van der Waals surface area contributed by atoms with Gasteiger partial charge in [-0.3, -0.25) is 9.59 Å². The fourth-order valence-corrected chi connectivity index (χ4v) is 2.31. The van der Waals surface area contributed by atoms with Crippen LogP contribution in [0, 0.1) is 0 Å². The number of nitrogens with one attached hydrogen (secondary N) is 1. The highest BCUT2D eigenvalue weighted by Crippen LogP contribution is 2.18. The lowest BCUT2D eigenvalue weighted by molar-refractivity contribution is -0.148. The molecule has 0 aliphatic rings. The van der Waals surface area contributed by atoms with Gasteiger partial charge in [0, 0.05) is 5.56 Å². The number of amides is 1. The molecule has 1 N–H and O–H groups in total. The van der Waals surface area contributed by atoms with Gasteiger partial charge in [0.1, 0.15) is 5.75 Å². The van der Waals surface area contributed by atoms with Crippen LogP contribution in [-0.2, 0) is 20.7 Å². The van der Waals surface area contributed by atoms with E-state index in [0.717, 1.165) is 11.1 Å². The first-order valence-corrected chi connectivity index (χ1v) is 7.72. The van der Waals surface area contributed by atoms with E-state index in [2.05, 4.69) is 5.32 Å². The maximum Gasteiger partial charge on any atom is 0.310 e. The van der Waals surface area contributed by atoms with Gasteiger partial charge >= 0.3 is 5.97 Å². The summed E-state index contributed by atoms with van der Waals surface area (Å²) in [7, 11) is 1.54. The van der Waals surface area contributed by atoms with E-state index in [1.54, 1.807) is 19.2 Å². The number of methoxy groups -OCH3 is 1. The van der Waals surface area contributed by atoms with Crippen LogP contribution in [0.4, 0.5) is 0 Å². The maximum absolute atomic E-state index is 11.9. The van der Waals surface area contributed by atoms with E-state index in [1.165, 1.54) is 0 Å². The van der Waals surface area contributed by atoms with Crippen molar-refractivity contribution in [2.75, 3.05) is 13.7 Å². The van der Waals surface area contributed by atoms with Gasteiger partial charge in [-0.25, -0.2) is 0 Å². The van der Waals surface area contributed by atoms with Gasteiger partial charge in [0.05, 0.1) is 19.6 Å². The molecular weight excluding hydrogens is 306 g/mol. The van der Waals surface area contributed by atoms with E-state index in [9.17, 15) is 9.59 Å². The third-order valence-electron chi connectivity index (χ3n) is 3.57. The third kappa shape index (κ3) is 5.12. The summed E-state index contributed by atoms with van der Waals surface area (Å²) in [4.78, 5) is 23.8. The summed E-state index contributed by atoms with van der Waals surface area (Å²) in [6.45, 7) is 1.58. The topological polar surface area (TPSA) is 64.6 Å². The summed E-state index contributed by atoms with van der Waals surface area (Å²) in [5, 5.41) is 2.80. The zero-order valence-electron chi connectivity index (χ0n) is 13.8. The highest BCUT2D eigenvalue weighted by molar-refractivity contribution is 5.81. The Morgan fingerprint density at radius 1 is 1.04 bits per heavy atom. The highest BCUT2D eigenvalue weighted by atomic mass is 16.5. The number of hydrogen-bond acceptors (Lipinski definition) is 4. The summed E-state index contributed by atoms with van der Waals surface area (Å²) in [6, 6.07) is 16.7. The van der Waals surface area contributed by atoms with Crippen LogP contribution in [0.2, 0.25) is 0 Å². The summed E-state index contributed by atoms with van der Waals surface area (Å²) >= 11 is 0. The quantitative estimate of drug-likeness (QED) is 0.794. The largest absolute Gasteiger partial charge is 0.496 e. The molecule has 1 amide bonds. The second kappa shape index (κ2) is 8.72.